The Hall–Kier alpha value is -1.75. The minimum atomic E-state index is -0.493. The van der Waals surface area contributed by atoms with Crippen LogP contribution in [0.25, 0.3) is 0 Å². The maximum Gasteiger partial charge on any atom is 0.329 e. The van der Waals surface area contributed by atoms with Crippen molar-refractivity contribution < 1.29 is 14.3 Å². The van der Waals surface area contributed by atoms with Gasteiger partial charge in [0.15, 0.2) is 0 Å². The molecule has 0 aliphatic heterocycles. The fourth-order valence-electron chi connectivity index (χ4n) is 1.56. The molecule has 0 aromatic heterocycles. The van der Waals surface area contributed by atoms with Crippen LogP contribution < -0.4 is 15.4 Å². The quantitative estimate of drug-likeness (QED) is 0.762. The lowest BCUT2D eigenvalue weighted by Crippen LogP contribution is -2.44. The molecule has 1 aromatic rings. The number of anilines is 1. The molecule has 0 spiro atoms. The number of hydrogen-bond donors (Lipinski definition) is 1. The molecular formula is C12H18N2O3. The van der Waals surface area contributed by atoms with Gasteiger partial charge < -0.3 is 20.1 Å². The van der Waals surface area contributed by atoms with Gasteiger partial charge in [0, 0.05) is 25.3 Å². The molecule has 1 aromatic carbocycles. The van der Waals surface area contributed by atoms with Crippen LogP contribution in [-0.4, -0.2) is 39.8 Å². The highest BCUT2D eigenvalue weighted by Crippen LogP contribution is 2.21. The second-order valence-corrected chi connectivity index (χ2v) is 3.59. The van der Waals surface area contributed by atoms with Gasteiger partial charge in [-0.15, -0.1) is 0 Å². The topological polar surface area (TPSA) is 64.8 Å². The fraction of sp³-hybridized carbons (Fsp3) is 0.417. The van der Waals surface area contributed by atoms with E-state index in [1.807, 2.05) is 24.3 Å². The van der Waals surface area contributed by atoms with Gasteiger partial charge in [-0.3, -0.25) is 0 Å². The number of nitrogens with two attached hydrogens (primary N) is 1. The Morgan fingerprint density at radius 1 is 1.47 bits per heavy atom. The first kappa shape index (κ1) is 13.3. The van der Waals surface area contributed by atoms with Crippen molar-refractivity contribution in [3.05, 3.63) is 24.3 Å². The van der Waals surface area contributed by atoms with Crippen LogP contribution in [0.5, 0.6) is 5.75 Å². The number of rotatable bonds is 5. The summed E-state index contributed by atoms with van der Waals surface area (Å²) in [4.78, 5) is 13.3. The smallest absolute Gasteiger partial charge is 0.329 e. The van der Waals surface area contributed by atoms with E-state index in [4.69, 9.17) is 15.2 Å². The van der Waals surface area contributed by atoms with E-state index in [1.54, 1.807) is 19.1 Å². The van der Waals surface area contributed by atoms with E-state index in [2.05, 4.69) is 0 Å². The zero-order chi connectivity index (χ0) is 12.8. The van der Waals surface area contributed by atoms with Crippen LogP contribution in [0.4, 0.5) is 5.69 Å². The summed E-state index contributed by atoms with van der Waals surface area (Å²) in [5, 5.41) is 0. The fourth-order valence-corrected chi connectivity index (χ4v) is 1.56. The van der Waals surface area contributed by atoms with Gasteiger partial charge in [-0.2, -0.15) is 0 Å². The van der Waals surface area contributed by atoms with E-state index < -0.39 is 6.04 Å². The van der Waals surface area contributed by atoms with Crippen molar-refractivity contribution >= 4 is 11.7 Å². The number of esters is 1. The van der Waals surface area contributed by atoms with Gasteiger partial charge in [-0.25, -0.2) is 4.79 Å². The Labute approximate surface area is 101 Å². The highest BCUT2D eigenvalue weighted by Gasteiger charge is 2.22. The van der Waals surface area contributed by atoms with Gasteiger partial charge >= 0.3 is 5.97 Å². The molecular weight excluding hydrogens is 220 g/mol. The molecule has 2 N–H and O–H groups in total. The number of carbonyl (C=O) groups is 1. The SMILES string of the molecule is COC(=O)C(CN)N(C)c1cccc(OC)c1. The zero-order valence-corrected chi connectivity index (χ0v) is 10.3. The molecule has 1 rings (SSSR count). The van der Waals surface area contributed by atoms with Gasteiger partial charge in [0.2, 0.25) is 0 Å². The van der Waals surface area contributed by atoms with Crippen LogP contribution in [0.3, 0.4) is 0 Å². The number of hydrogen-bond acceptors (Lipinski definition) is 5. The Kier molecular flexibility index (Phi) is 4.78. The number of ether oxygens (including phenoxy) is 2. The third-order valence-corrected chi connectivity index (χ3v) is 2.62. The number of benzene rings is 1. The summed E-state index contributed by atoms with van der Waals surface area (Å²) in [5.41, 5.74) is 6.44. The largest absolute Gasteiger partial charge is 0.497 e. The maximum absolute atomic E-state index is 11.5. The summed E-state index contributed by atoms with van der Waals surface area (Å²) in [7, 11) is 4.74. The molecule has 0 radical (unpaired) electrons. The van der Waals surface area contributed by atoms with E-state index in [0.29, 0.717) is 0 Å². The molecule has 5 heteroatoms. The molecule has 0 bridgehead atoms. The van der Waals surface area contributed by atoms with Crippen LogP contribution in [0.2, 0.25) is 0 Å². The number of likely N-dealkylation sites (N-methyl/N-ethyl adjacent to an activating group) is 1. The summed E-state index contributed by atoms with van der Waals surface area (Å²) in [6, 6.07) is 6.93. The van der Waals surface area contributed by atoms with Crippen LogP contribution in [0, 0.1) is 0 Å². The van der Waals surface area contributed by atoms with Crippen LogP contribution in [0.1, 0.15) is 0 Å². The lowest BCUT2D eigenvalue weighted by molar-refractivity contribution is -0.141. The number of nitrogens with zero attached hydrogens (tertiary/aromatic N) is 1. The van der Waals surface area contributed by atoms with Gasteiger partial charge in [0.05, 0.1) is 14.2 Å². The third kappa shape index (κ3) is 3.10. The van der Waals surface area contributed by atoms with Crippen molar-refractivity contribution in [3.8, 4) is 5.75 Å². The van der Waals surface area contributed by atoms with E-state index in [-0.39, 0.29) is 12.5 Å². The summed E-state index contributed by atoms with van der Waals surface area (Å²) < 4.78 is 9.84. The van der Waals surface area contributed by atoms with Crippen LogP contribution in [0.15, 0.2) is 24.3 Å². The van der Waals surface area contributed by atoms with E-state index >= 15 is 0 Å². The molecule has 1 atom stereocenters. The standard InChI is InChI=1S/C12H18N2O3/c1-14(11(8-13)12(15)17-3)9-5-4-6-10(7-9)16-2/h4-7,11H,8,13H2,1-3H3. The first-order chi connectivity index (χ1) is 8.13. The average Bonchev–Trinajstić information content (AvgIpc) is 2.39. The Balaban J connectivity index is 2.92. The second kappa shape index (κ2) is 6.10. The molecule has 94 valence electrons. The Bertz CT molecular complexity index is 382. The second-order valence-electron chi connectivity index (χ2n) is 3.59. The minimum absolute atomic E-state index is 0.195. The molecule has 0 aliphatic rings. The maximum atomic E-state index is 11.5. The molecule has 0 saturated heterocycles. The lowest BCUT2D eigenvalue weighted by atomic mass is 10.2. The minimum Gasteiger partial charge on any atom is -0.497 e. The van der Waals surface area contributed by atoms with Crippen molar-refractivity contribution in [2.75, 3.05) is 32.7 Å². The predicted molar refractivity (Wildman–Crippen MR) is 66.3 cm³/mol. The van der Waals surface area contributed by atoms with E-state index in [0.717, 1.165) is 11.4 Å². The van der Waals surface area contributed by atoms with Gasteiger partial charge in [0.1, 0.15) is 11.8 Å². The monoisotopic (exact) mass is 238 g/mol. The van der Waals surface area contributed by atoms with Crippen molar-refractivity contribution in [1.82, 2.24) is 0 Å². The molecule has 5 nitrogen and oxygen atoms in total. The zero-order valence-electron chi connectivity index (χ0n) is 10.3. The Morgan fingerprint density at radius 2 is 2.18 bits per heavy atom. The van der Waals surface area contributed by atoms with Crippen molar-refractivity contribution in [1.29, 1.82) is 0 Å². The highest BCUT2D eigenvalue weighted by atomic mass is 16.5. The number of carbonyl (C=O) groups excluding carboxylic acids is 1. The molecule has 0 fully saturated rings. The van der Waals surface area contributed by atoms with Crippen molar-refractivity contribution in [2.24, 2.45) is 5.73 Å². The van der Waals surface area contributed by atoms with Crippen LogP contribution in [-0.2, 0) is 9.53 Å². The van der Waals surface area contributed by atoms with E-state index in [9.17, 15) is 4.79 Å². The van der Waals surface area contributed by atoms with Gasteiger partial charge in [0.25, 0.3) is 0 Å². The van der Waals surface area contributed by atoms with Crippen molar-refractivity contribution in [3.63, 3.8) is 0 Å². The number of methoxy groups -OCH3 is 2. The summed E-state index contributed by atoms with van der Waals surface area (Å²) in [5.74, 6) is 0.382. The summed E-state index contributed by atoms with van der Waals surface area (Å²) >= 11 is 0. The molecule has 1 unspecified atom stereocenters. The normalized spacial score (nSPS) is 11.8. The Morgan fingerprint density at radius 3 is 2.71 bits per heavy atom. The summed E-state index contributed by atoms with van der Waals surface area (Å²) in [6.45, 7) is 0.195. The van der Waals surface area contributed by atoms with Gasteiger partial charge in [-0.1, -0.05) is 6.07 Å². The molecule has 0 heterocycles. The lowest BCUT2D eigenvalue weighted by Gasteiger charge is -2.27. The first-order valence-electron chi connectivity index (χ1n) is 5.28. The third-order valence-electron chi connectivity index (χ3n) is 2.62. The molecule has 17 heavy (non-hydrogen) atoms. The van der Waals surface area contributed by atoms with Crippen LogP contribution >= 0.6 is 0 Å². The molecule has 0 saturated carbocycles. The average molecular weight is 238 g/mol. The molecule has 0 amide bonds. The predicted octanol–water partition coefficient (Wildman–Crippen LogP) is 0.632. The summed E-state index contributed by atoms with van der Waals surface area (Å²) in [6.07, 6.45) is 0. The van der Waals surface area contributed by atoms with Gasteiger partial charge in [-0.05, 0) is 12.1 Å². The first-order valence-corrected chi connectivity index (χ1v) is 5.28. The van der Waals surface area contributed by atoms with Crippen molar-refractivity contribution in [2.45, 2.75) is 6.04 Å². The van der Waals surface area contributed by atoms with E-state index in [1.165, 1.54) is 7.11 Å². The molecule has 0 aliphatic carbocycles. The highest BCUT2D eigenvalue weighted by molar-refractivity contribution is 5.80.